The van der Waals surface area contributed by atoms with Crippen molar-refractivity contribution in [1.82, 2.24) is 10.6 Å². The van der Waals surface area contributed by atoms with Gasteiger partial charge in [0.1, 0.15) is 0 Å². The molecule has 0 aliphatic carbocycles. The Morgan fingerprint density at radius 1 is 0.362 bits per heavy atom. The summed E-state index contributed by atoms with van der Waals surface area (Å²) in [5.74, 6) is -0.254. The molecule has 2 amide bonds. The van der Waals surface area contributed by atoms with Crippen LogP contribution in [0.25, 0.3) is 0 Å². The van der Waals surface area contributed by atoms with E-state index >= 15 is 0 Å². The summed E-state index contributed by atoms with van der Waals surface area (Å²) in [7, 11) is 0. The maximum Gasteiger partial charge on any atom is 1.00 e. The van der Waals surface area contributed by atoms with E-state index < -0.39 is 30.3 Å². The molecule has 0 aromatic heterocycles. The second-order valence-corrected chi connectivity index (χ2v) is 21.9. The van der Waals surface area contributed by atoms with Gasteiger partial charge in [0, 0.05) is 25.4 Å². The molecule has 8 nitrogen and oxygen atoms in total. The molecule has 402 valence electrons. The van der Waals surface area contributed by atoms with Crippen LogP contribution in [0.5, 0.6) is 0 Å². The van der Waals surface area contributed by atoms with E-state index in [1.54, 1.807) is 0 Å². The Bertz CT molecular complexity index is 1100. The van der Waals surface area contributed by atoms with Crippen LogP contribution in [0.2, 0.25) is 0 Å². The zero-order valence-electron chi connectivity index (χ0n) is 45.9. The van der Waals surface area contributed by atoms with Gasteiger partial charge in [0.05, 0.1) is 12.0 Å². The number of amides is 2. The maximum atomic E-state index is 12.2. The van der Waals surface area contributed by atoms with Crippen molar-refractivity contribution < 1.29 is 58.9 Å². The SMILES string of the molecule is CCCCCCCCCCCCSCCCCCCCCCCCCCCCCCCCCCCCCCCCCCCC(=O)NCCCCCCCCCCC(=O)NC(CCC(=O)[O-])C(=O)[O-].[Na+]. The molecule has 0 spiro atoms. The Hall–Kier alpha value is -0.770. The van der Waals surface area contributed by atoms with E-state index in [1.165, 1.54) is 243 Å². The van der Waals surface area contributed by atoms with Crippen LogP contribution in [-0.2, 0) is 19.2 Å². The number of aliphatic carboxylic acids is 2. The third-order valence-corrected chi connectivity index (χ3v) is 15.1. The Labute approximate surface area is 454 Å². The topological polar surface area (TPSA) is 138 Å². The van der Waals surface area contributed by atoms with Gasteiger partial charge in [0.15, 0.2) is 0 Å². The minimum absolute atomic E-state index is 0. The van der Waals surface area contributed by atoms with Crippen molar-refractivity contribution in [3.8, 4) is 0 Å². The van der Waals surface area contributed by atoms with Gasteiger partial charge < -0.3 is 30.4 Å². The molecule has 0 heterocycles. The first-order chi connectivity index (χ1) is 33.4. The van der Waals surface area contributed by atoms with Gasteiger partial charge in [-0.15, -0.1) is 0 Å². The quantitative estimate of drug-likeness (QED) is 0.0457. The van der Waals surface area contributed by atoms with E-state index in [4.69, 9.17) is 0 Å². The zero-order chi connectivity index (χ0) is 49.5. The molecule has 0 fully saturated rings. The van der Waals surface area contributed by atoms with Crippen LogP contribution in [0.3, 0.4) is 0 Å². The van der Waals surface area contributed by atoms with Crippen LogP contribution in [0, 0.1) is 0 Å². The monoisotopic (exact) mass is 1000 g/mol. The van der Waals surface area contributed by atoms with Crippen molar-refractivity contribution in [2.75, 3.05) is 18.1 Å². The second-order valence-electron chi connectivity index (χ2n) is 20.7. The molecule has 2 N–H and O–H groups in total. The van der Waals surface area contributed by atoms with Gasteiger partial charge >= 0.3 is 29.6 Å². The molecule has 0 aromatic rings. The second kappa shape index (κ2) is 59.8. The van der Waals surface area contributed by atoms with E-state index in [9.17, 15) is 29.4 Å². The van der Waals surface area contributed by atoms with Crippen molar-refractivity contribution in [1.29, 1.82) is 0 Å². The Morgan fingerprint density at radius 2 is 0.638 bits per heavy atom. The van der Waals surface area contributed by atoms with Crippen molar-refractivity contribution >= 4 is 35.5 Å². The summed E-state index contributed by atoms with van der Waals surface area (Å²) >= 11 is 2.21. The number of unbranched alkanes of at least 4 members (excludes halogenated alkanes) is 43. The standard InChI is InChI=1S/C59H114N2O6S.Na/c1-2-3-4-5-6-7-31-36-41-46-53-68-54-47-42-37-32-27-25-23-21-19-17-15-13-11-9-8-10-12-14-16-18-20-22-24-26-28-33-38-43-48-56(62)60-52-45-40-35-30-29-34-39-44-49-57(63)61-55(59(66)67)50-51-58(64)65;/h55H,2-54H2,1H3,(H,60,62)(H,61,63)(H,64,65)(H,66,67);/q;+1/p-2. The molecule has 0 radical (unpaired) electrons. The largest absolute Gasteiger partial charge is 1.00 e. The molecule has 1 atom stereocenters. The molecule has 1 unspecified atom stereocenters. The molecule has 0 aliphatic heterocycles. The summed E-state index contributed by atoms with van der Waals surface area (Å²) in [5.41, 5.74) is 0. The number of rotatable bonds is 58. The number of hydrogen-bond acceptors (Lipinski definition) is 7. The van der Waals surface area contributed by atoms with Crippen molar-refractivity contribution in [3.63, 3.8) is 0 Å². The first kappa shape index (κ1) is 70.3. The summed E-state index contributed by atoms with van der Waals surface area (Å²) in [4.78, 5) is 45.7. The number of carboxylic acids is 2. The molecular weight excluding hydrogens is 888 g/mol. The van der Waals surface area contributed by atoms with Crippen molar-refractivity contribution in [2.45, 2.75) is 334 Å². The maximum absolute atomic E-state index is 12.2. The van der Waals surface area contributed by atoms with E-state index in [0.717, 1.165) is 64.3 Å². The number of carbonyl (C=O) groups is 4. The molecule has 69 heavy (non-hydrogen) atoms. The summed E-state index contributed by atoms with van der Waals surface area (Å²) in [6.45, 7) is 3.06. The van der Waals surface area contributed by atoms with Crippen LogP contribution in [0.15, 0.2) is 0 Å². The fourth-order valence-electron chi connectivity index (χ4n) is 9.44. The minimum Gasteiger partial charge on any atom is -0.550 e. The molecule has 0 saturated heterocycles. The first-order valence-corrected chi connectivity index (χ1v) is 31.1. The van der Waals surface area contributed by atoms with Gasteiger partial charge in [-0.1, -0.05) is 270 Å². The first-order valence-electron chi connectivity index (χ1n) is 29.9. The minimum atomic E-state index is -1.48. The smallest absolute Gasteiger partial charge is 0.550 e. The van der Waals surface area contributed by atoms with Gasteiger partial charge in [-0.05, 0) is 56.5 Å². The van der Waals surface area contributed by atoms with Crippen LogP contribution < -0.4 is 50.4 Å². The van der Waals surface area contributed by atoms with Gasteiger partial charge in [-0.2, -0.15) is 11.8 Å². The number of hydrogen-bond donors (Lipinski definition) is 2. The molecule has 0 saturated carbocycles. The molecule has 0 bridgehead atoms. The van der Waals surface area contributed by atoms with E-state index in [1.807, 2.05) is 0 Å². The van der Waals surface area contributed by atoms with Gasteiger partial charge in [0.2, 0.25) is 11.8 Å². The Kier molecular flexibility index (Phi) is 60.9. The van der Waals surface area contributed by atoms with E-state index in [2.05, 4.69) is 29.3 Å². The van der Waals surface area contributed by atoms with E-state index in [0.29, 0.717) is 12.8 Å². The molecule has 0 aromatic carbocycles. The predicted octanol–water partition coefficient (Wildman–Crippen LogP) is 12.3. The number of nitrogens with one attached hydrogen (secondary N) is 2. The number of thioether (sulfide) groups is 1. The van der Waals surface area contributed by atoms with Crippen molar-refractivity contribution in [2.24, 2.45) is 0 Å². The summed E-state index contributed by atoms with van der Waals surface area (Å²) in [6.07, 6.45) is 61.9. The van der Waals surface area contributed by atoms with Crippen molar-refractivity contribution in [3.05, 3.63) is 0 Å². The van der Waals surface area contributed by atoms with Gasteiger partial charge in [-0.25, -0.2) is 0 Å². The summed E-state index contributed by atoms with van der Waals surface area (Å²) in [5, 5.41) is 27.0. The fraction of sp³-hybridized carbons (Fsp3) is 0.932. The van der Waals surface area contributed by atoms with Gasteiger partial charge in [-0.3, -0.25) is 9.59 Å². The average Bonchev–Trinajstić information content (AvgIpc) is 3.32. The van der Waals surface area contributed by atoms with Crippen LogP contribution >= 0.6 is 11.8 Å². The normalized spacial score (nSPS) is 11.7. The summed E-state index contributed by atoms with van der Waals surface area (Å²) < 4.78 is 0. The Balaban J connectivity index is 0. The predicted molar refractivity (Wildman–Crippen MR) is 289 cm³/mol. The Morgan fingerprint density at radius 3 is 0.942 bits per heavy atom. The van der Waals surface area contributed by atoms with Crippen LogP contribution in [0.4, 0.5) is 0 Å². The molecule has 10 heteroatoms. The van der Waals surface area contributed by atoms with E-state index in [-0.39, 0.29) is 48.3 Å². The molecular formula is C59H112N2NaO6S-. The summed E-state index contributed by atoms with van der Waals surface area (Å²) in [6, 6.07) is -1.30. The average molecular weight is 1000 g/mol. The van der Waals surface area contributed by atoms with Gasteiger partial charge in [0.25, 0.3) is 0 Å². The van der Waals surface area contributed by atoms with Crippen LogP contribution in [-0.4, -0.2) is 47.8 Å². The molecule has 0 aliphatic rings. The zero-order valence-corrected chi connectivity index (χ0v) is 48.7. The third kappa shape index (κ3) is 59.7. The molecule has 0 rings (SSSR count). The van der Waals surface area contributed by atoms with Crippen LogP contribution in [0.1, 0.15) is 328 Å². The fourth-order valence-corrected chi connectivity index (χ4v) is 10.5. The third-order valence-electron chi connectivity index (χ3n) is 14.0. The number of carboxylic acid groups (broad SMARTS) is 2. The number of carbonyl (C=O) groups excluding carboxylic acids is 4.